The van der Waals surface area contributed by atoms with E-state index in [1.807, 2.05) is 11.1 Å². The molecule has 30 heavy (non-hydrogen) atoms. The van der Waals surface area contributed by atoms with Gasteiger partial charge in [-0.3, -0.25) is 4.79 Å². The number of rotatable bonds is 5. The van der Waals surface area contributed by atoms with Crippen LogP contribution >= 0.6 is 0 Å². The van der Waals surface area contributed by atoms with Gasteiger partial charge in [0.05, 0.1) is 0 Å². The molecule has 0 aromatic rings. The fourth-order valence-corrected chi connectivity index (χ4v) is 8.60. The van der Waals surface area contributed by atoms with Crippen LogP contribution in [0.15, 0.2) is 23.3 Å². The number of Topliss-reactive ketones (excluding diaryl/α,β-unsaturated/α-hetero) is 1. The quantitative estimate of drug-likeness (QED) is 0.418. The summed E-state index contributed by atoms with van der Waals surface area (Å²) in [6.07, 6.45) is 12.5. The number of fused-ring (bicyclic) bond motifs is 4. The minimum atomic E-state index is 0.275. The molecule has 7 atom stereocenters. The molecule has 0 heterocycles. The van der Waals surface area contributed by atoms with Gasteiger partial charge >= 0.3 is 0 Å². The summed E-state index contributed by atoms with van der Waals surface area (Å²) in [6.45, 7) is 18.8. The van der Waals surface area contributed by atoms with Crippen molar-refractivity contribution in [1.29, 1.82) is 0 Å². The van der Waals surface area contributed by atoms with E-state index < -0.39 is 0 Å². The van der Waals surface area contributed by atoms with Gasteiger partial charge in [-0.2, -0.15) is 0 Å². The zero-order chi connectivity index (χ0) is 21.8. The predicted molar refractivity (Wildman–Crippen MR) is 127 cm³/mol. The van der Waals surface area contributed by atoms with Crippen molar-refractivity contribution < 1.29 is 4.79 Å². The van der Waals surface area contributed by atoms with E-state index in [0.717, 1.165) is 30.6 Å². The number of ketones is 1. The Bertz CT molecular complexity index is 741. The summed E-state index contributed by atoms with van der Waals surface area (Å²) in [6, 6.07) is 0. The van der Waals surface area contributed by atoms with Crippen LogP contribution in [0.25, 0.3) is 0 Å². The zero-order valence-corrected chi connectivity index (χ0v) is 20.7. The first-order valence-corrected chi connectivity index (χ1v) is 13.0. The number of carbonyl (C=O) groups excluding carboxylic acids is 1. The summed E-state index contributed by atoms with van der Waals surface area (Å²) in [4.78, 5) is 12.4. The van der Waals surface area contributed by atoms with Crippen LogP contribution in [0, 0.1) is 46.3 Å². The normalized spacial score (nSPS) is 42.0. The molecule has 4 rings (SSSR count). The standard InChI is InChI=1S/C29H46O/c1-18(2)19(3)8-9-20(4)23-12-13-25-22-10-11-24-21(5)27(30)15-17-29(24,7)26(22)14-16-28(23,25)6/h18,20-21,23-25H,3,8-17H2,1-2,4-7H3/t20-,21+,23-,24?,25+,28-,29+/m1/s1. The lowest BCUT2D eigenvalue weighted by molar-refractivity contribution is -0.130. The third kappa shape index (κ3) is 3.38. The first-order valence-electron chi connectivity index (χ1n) is 13.0. The van der Waals surface area contributed by atoms with E-state index in [9.17, 15) is 4.79 Å². The Morgan fingerprint density at radius 3 is 2.50 bits per heavy atom. The SMILES string of the molecule is C=C(CC[C@@H](C)[C@H]1CC[C@H]2C3=C(CC[C@]12C)[C@@]1(C)CCC(=O)[C@@H](C)C1CC3)C(C)C. The summed E-state index contributed by atoms with van der Waals surface area (Å²) < 4.78 is 0. The minimum Gasteiger partial charge on any atom is -0.299 e. The first-order chi connectivity index (χ1) is 14.1. The molecule has 2 saturated carbocycles. The average Bonchev–Trinajstić information content (AvgIpc) is 3.06. The van der Waals surface area contributed by atoms with E-state index >= 15 is 0 Å². The maximum atomic E-state index is 12.4. The van der Waals surface area contributed by atoms with Crippen LogP contribution in [-0.4, -0.2) is 5.78 Å². The lowest BCUT2D eigenvalue weighted by Crippen LogP contribution is -2.47. The Balaban J connectivity index is 1.55. The molecule has 4 aliphatic carbocycles. The second-order valence-electron chi connectivity index (χ2n) is 12.4. The van der Waals surface area contributed by atoms with Crippen LogP contribution in [-0.2, 0) is 4.79 Å². The van der Waals surface area contributed by atoms with Gasteiger partial charge in [-0.05, 0) is 98.2 Å². The van der Waals surface area contributed by atoms with Crippen LogP contribution in [0.4, 0.5) is 0 Å². The number of hydrogen-bond donors (Lipinski definition) is 0. The molecule has 0 aromatic heterocycles. The van der Waals surface area contributed by atoms with Gasteiger partial charge in [0.25, 0.3) is 0 Å². The van der Waals surface area contributed by atoms with Gasteiger partial charge in [-0.15, -0.1) is 0 Å². The highest BCUT2D eigenvalue weighted by Crippen LogP contribution is 2.66. The second kappa shape index (κ2) is 7.93. The molecular formula is C29H46O. The van der Waals surface area contributed by atoms with E-state index in [0.29, 0.717) is 28.4 Å². The maximum absolute atomic E-state index is 12.4. The molecule has 168 valence electrons. The van der Waals surface area contributed by atoms with Gasteiger partial charge in [0, 0.05) is 12.3 Å². The summed E-state index contributed by atoms with van der Waals surface area (Å²) in [7, 11) is 0. The van der Waals surface area contributed by atoms with Crippen LogP contribution < -0.4 is 0 Å². The Labute approximate surface area is 186 Å². The Morgan fingerprint density at radius 1 is 1.07 bits per heavy atom. The van der Waals surface area contributed by atoms with Crippen molar-refractivity contribution in [1.82, 2.24) is 0 Å². The highest BCUT2D eigenvalue weighted by Gasteiger charge is 2.56. The summed E-state index contributed by atoms with van der Waals surface area (Å²) in [5, 5.41) is 0. The van der Waals surface area contributed by atoms with E-state index in [1.165, 1.54) is 56.9 Å². The third-order valence-corrected chi connectivity index (χ3v) is 10.8. The van der Waals surface area contributed by atoms with Crippen molar-refractivity contribution in [2.45, 2.75) is 106 Å². The van der Waals surface area contributed by atoms with E-state index in [4.69, 9.17) is 0 Å². The Hall–Kier alpha value is -0.850. The summed E-state index contributed by atoms with van der Waals surface area (Å²) in [5.41, 5.74) is 5.92. The van der Waals surface area contributed by atoms with Crippen molar-refractivity contribution in [2.75, 3.05) is 0 Å². The lowest BCUT2D eigenvalue weighted by Gasteiger charge is -2.55. The van der Waals surface area contributed by atoms with Gasteiger partial charge < -0.3 is 0 Å². The van der Waals surface area contributed by atoms with Crippen molar-refractivity contribution >= 4 is 5.78 Å². The molecular weight excluding hydrogens is 364 g/mol. The van der Waals surface area contributed by atoms with E-state index in [-0.39, 0.29) is 5.92 Å². The molecule has 0 bridgehead atoms. The highest BCUT2D eigenvalue weighted by atomic mass is 16.1. The second-order valence-corrected chi connectivity index (χ2v) is 12.4. The maximum Gasteiger partial charge on any atom is 0.136 e. The zero-order valence-electron chi connectivity index (χ0n) is 20.7. The third-order valence-electron chi connectivity index (χ3n) is 10.8. The van der Waals surface area contributed by atoms with Crippen LogP contribution in [0.1, 0.15) is 106 Å². The molecule has 0 saturated heterocycles. The summed E-state index contributed by atoms with van der Waals surface area (Å²) >= 11 is 0. The monoisotopic (exact) mass is 410 g/mol. The fraction of sp³-hybridized carbons (Fsp3) is 0.828. The topological polar surface area (TPSA) is 17.1 Å². The lowest BCUT2D eigenvalue weighted by atomic mass is 9.49. The van der Waals surface area contributed by atoms with Gasteiger partial charge in [0.1, 0.15) is 5.78 Å². The van der Waals surface area contributed by atoms with Crippen LogP contribution in [0.2, 0.25) is 0 Å². The van der Waals surface area contributed by atoms with Gasteiger partial charge in [0.2, 0.25) is 0 Å². The van der Waals surface area contributed by atoms with Crippen LogP contribution in [0.3, 0.4) is 0 Å². The van der Waals surface area contributed by atoms with Crippen molar-refractivity contribution in [3.63, 3.8) is 0 Å². The van der Waals surface area contributed by atoms with Crippen molar-refractivity contribution in [3.05, 3.63) is 23.3 Å². The molecule has 0 amide bonds. The molecule has 2 fully saturated rings. The summed E-state index contributed by atoms with van der Waals surface area (Å²) in [5.74, 6) is 4.50. The first kappa shape index (κ1) is 22.3. The van der Waals surface area contributed by atoms with E-state index in [2.05, 4.69) is 48.1 Å². The van der Waals surface area contributed by atoms with Gasteiger partial charge in [-0.1, -0.05) is 64.8 Å². The van der Waals surface area contributed by atoms with Crippen molar-refractivity contribution in [3.8, 4) is 0 Å². The van der Waals surface area contributed by atoms with E-state index in [1.54, 1.807) is 0 Å². The number of carbonyl (C=O) groups is 1. The van der Waals surface area contributed by atoms with Crippen LogP contribution in [0.5, 0.6) is 0 Å². The fourth-order valence-electron chi connectivity index (χ4n) is 8.60. The number of allylic oxidation sites excluding steroid dienone is 3. The average molecular weight is 411 g/mol. The largest absolute Gasteiger partial charge is 0.299 e. The molecule has 0 spiro atoms. The smallest absolute Gasteiger partial charge is 0.136 e. The minimum absolute atomic E-state index is 0.275. The van der Waals surface area contributed by atoms with Gasteiger partial charge in [-0.25, -0.2) is 0 Å². The molecule has 0 aliphatic heterocycles. The predicted octanol–water partition coefficient (Wildman–Crippen LogP) is 8.15. The molecule has 0 radical (unpaired) electrons. The Morgan fingerprint density at radius 2 is 1.80 bits per heavy atom. The Kier molecular flexibility index (Phi) is 5.91. The molecule has 1 nitrogen and oxygen atoms in total. The molecule has 0 N–H and O–H groups in total. The molecule has 1 heteroatoms. The highest BCUT2D eigenvalue weighted by molar-refractivity contribution is 5.82. The molecule has 4 aliphatic rings. The van der Waals surface area contributed by atoms with Gasteiger partial charge in [0.15, 0.2) is 0 Å². The molecule has 0 aromatic carbocycles. The number of hydrogen-bond acceptors (Lipinski definition) is 1. The van der Waals surface area contributed by atoms with Crippen molar-refractivity contribution in [2.24, 2.45) is 46.3 Å². The molecule has 1 unspecified atom stereocenters.